The highest BCUT2D eigenvalue weighted by molar-refractivity contribution is 7.17. The van der Waals surface area contributed by atoms with Crippen LogP contribution in [0.2, 0.25) is 0 Å². The third-order valence-electron chi connectivity index (χ3n) is 5.28. The molecule has 1 aromatic carbocycles. The van der Waals surface area contributed by atoms with Crippen LogP contribution in [-0.4, -0.2) is 52.1 Å². The Morgan fingerprint density at radius 3 is 2.50 bits per heavy atom. The summed E-state index contributed by atoms with van der Waals surface area (Å²) in [4.78, 5) is 48.0. The molecule has 1 aliphatic rings. The average Bonchev–Trinajstić information content (AvgIpc) is 3.35. The van der Waals surface area contributed by atoms with Gasteiger partial charge in [-0.25, -0.2) is 9.78 Å². The number of aliphatic hydroxyl groups excluding tert-OH is 1. The van der Waals surface area contributed by atoms with Gasteiger partial charge in [0.15, 0.2) is 16.6 Å². The fraction of sp³-hybridized carbons (Fsp3) is 0.174. The minimum atomic E-state index is -1.11. The topological polar surface area (TPSA) is 139 Å². The first-order valence-corrected chi connectivity index (χ1v) is 10.7. The number of aryl methyl sites for hydroxylation is 1. The Morgan fingerprint density at radius 2 is 1.85 bits per heavy atom. The molecular formula is C23H19N3O7S. The van der Waals surface area contributed by atoms with E-state index in [0.29, 0.717) is 11.3 Å². The van der Waals surface area contributed by atoms with E-state index in [2.05, 4.69) is 9.97 Å². The molecule has 2 aromatic heterocycles. The lowest BCUT2D eigenvalue weighted by molar-refractivity contribution is -0.132. The highest BCUT2D eigenvalue weighted by atomic mass is 32.1. The molecule has 174 valence electrons. The zero-order valence-electron chi connectivity index (χ0n) is 18.3. The number of nitrogens with zero attached hydrogens (tertiary/aromatic N) is 3. The van der Waals surface area contributed by atoms with Crippen LogP contribution >= 0.6 is 11.3 Å². The number of pyridine rings is 1. The number of phenolic OH excluding ortho intramolecular Hbond substituents is 1. The molecule has 3 heterocycles. The van der Waals surface area contributed by atoms with Gasteiger partial charge in [-0.1, -0.05) is 17.4 Å². The lowest BCUT2D eigenvalue weighted by Crippen LogP contribution is -2.29. The number of amides is 1. The van der Waals surface area contributed by atoms with E-state index in [1.165, 1.54) is 56.9 Å². The number of thiazole rings is 1. The van der Waals surface area contributed by atoms with Crippen molar-refractivity contribution < 1.29 is 34.1 Å². The van der Waals surface area contributed by atoms with Crippen molar-refractivity contribution in [3.8, 4) is 11.5 Å². The summed E-state index contributed by atoms with van der Waals surface area (Å²) < 4.78 is 9.96. The van der Waals surface area contributed by atoms with E-state index in [0.717, 1.165) is 16.2 Å². The summed E-state index contributed by atoms with van der Waals surface area (Å²) in [5.74, 6) is -2.93. The number of rotatable bonds is 5. The van der Waals surface area contributed by atoms with Crippen LogP contribution in [0.1, 0.15) is 32.5 Å². The summed E-state index contributed by atoms with van der Waals surface area (Å²) in [6.45, 7) is 1.58. The first-order chi connectivity index (χ1) is 16.3. The molecule has 34 heavy (non-hydrogen) atoms. The van der Waals surface area contributed by atoms with Gasteiger partial charge in [0.1, 0.15) is 10.6 Å². The average molecular weight is 481 g/mol. The van der Waals surface area contributed by atoms with Crippen LogP contribution in [0.3, 0.4) is 0 Å². The molecule has 1 amide bonds. The van der Waals surface area contributed by atoms with E-state index >= 15 is 0 Å². The number of esters is 1. The number of aliphatic hydroxyl groups is 1. The second-order valence-electron chi connectivity index (χ2n) is 7.24. The van der Waals surface area contributed by atoms with Crippen molar-refractivity contribution >= 4 is 39.9 Å². The standard InChI is InChI=1S/C23H19N3O7S/c1-11-20(22(31)33-3)34-23(25-11)26-17(13-4-5-14(27)15(10-13)32-2)16(19(29)21(26)30)18(28)12-6-8-24-9-7-12/h4-10,17,27-28H,1-3H3. The molecule has 10 nitrogen and oxygen atoms in total. The molecule has 0 aliphatic carbocycles. The van der Waals surface area contributed by atoms with Gasteiger partial charge in [0.25, 0.3) is 5.78 Å². The van der Waals surface area contributed by atoms with Gasteiger partial charge in [-0.2, -0.15) is 0 Å². The smallest absolute Gasteiger partial charge is 0.350 e. The third-order valence-corrected chi connectivity index (χ3v) is 6.42. The number of hydrogen-bond acceptors (Lipinski definition) is 10. The van der Waals surface area contributed by atoms with Crippen LogP contribution in [-0.2, 0) is 14.3 Å². The maximum atomic E-state index is 13.2. The van der Waals surface area contributed by atoms with Crippen molar-refractivity contribution in [1.82, 2.24) is 9.97 Å². The lowest BCUT2D eigenvalue weighted by Gasteiger charge is -2.23. The molecule has 4 rings (SSSR count). The fourth-order valence-electron chi connectivity index (χ4n) is 3.64. The van der Waals surface area contributed by atoms with E-state index in [9.17, 15) is 24.6 Å². The molecule has 11 heteroatoms. The van der Waals surface area contributed by atoms with Gasteiger partial charge >= 0.3 is 11.9 Å². The van der Waals surface area contributed by atoms with Gasteiger partial charge in [-0.3, -0.25) is 19.5 Å². The SMILES string of the molecule is COC(=O)c1sc(N2C(=O)C(=O)C(=C(O)c3ccncc3)C2c2ccc(O)c(OC)c2)nc1C. The van der Waals surface area contributed by atoms with Crippen LogP contribution in [0.15, 0.2) is 48.3 Å². The number of aromatic nitrogens is 2. The number of ether oxygens (including phenoxy) is 2. The Hall–Kier alpha value is -4.25. The first-order valence-electron chi connectivity index (χ1n) is 9.92. The summed E-state index contributed by atoms with van der Waals surface area (Å²) in [5, 5.41) is 21.2. The van der Waals surface area contributed by atoms with Crippen molar-refractivity contribution in [2.75, 3.05) is 19.1 Å². The molecule has 0 radical (unpaired) electrons. The highest BCUT2D eigenvalue weighted by Gasteiger charge is 2.48. The predicted octanol–water partition coefficient (Wildman–Crippen LogP) is 2.97. The van der Waals surface area contributed by atoms with Crippen LogP contribution in [0.5, 0.6) is 11.5 Å². The molecule has 1 atom stereocenters. The van der Waals surface area contributed by atoms with Gasteiger partial charge in [0.05, 0.1) is 31.5 Å². The van der Waals surface area contributed by atoms with Crippen molar-refractivity contribution in [2.45, 2.75) is 13.0 Å². The van der Waals surface area contributed by atoms with Gasteiger partial charge < -0.3 is 19.7 Å². The van der Waals surface area contributed by atoms with Crippen LogP contribution in [0.25, 0.3) is 5.76 Å². The van der Waals surface area contributed by atoms with E-state index in [4.69, 9.17) is 9.47 Å². The van der Waals surface area contributed by atoms with E-state index in [1.807, 2.05) is 0 Å². The van der Waals surface area contributed by atoms with Gasteiger partial charge in [-0.05, 0) is 36.8 Å². The molecule has 2 N–H and O–H groups in total. The second-order valence-corrected chi connectivity index (χ2v) is 8.22. The van der Waals surface area contributed by atoms with Crippen molar-refractivity contribution in [3.63, 3.8) is 0 Å². The second kappa shape index (κ2) is 8.94. The largest absolute Gasteiger partial charge is 0.507 e. The molecule has 3 aromatic rings. The number of Topliss-reactive ketones (excluding diaryl/α,β-unsaturated/α-hetero) is 1. The van der Waals surface area contributed by atoms with Crippen LogP contribution < -0.4 is 9.64 Å². The van der Waals surface area contributed by atoms with E-state index < -0.39 is 29.5 Å². The maximum Gasteiger partial charge on any atom is 0.350 e. The molecule has 1 saturated heterocycles. The Morgan fingerprint density at radius 1 is 1.15 bits per heavy atom. The minimum Gasteiger partial charge on any atom is -0.507 e. The van der Waals surface area contributed by atoms with E-state index in [1.54, 1.807) is 6.92 Å². The monoisotopic (exact) mass is 481 g/mol. The fourth-order valence-corrected chi connectivity index (χ4v) is 4.65. The van der Waals surface area contributed by atoms with Crippen molar-refractivity contribution in [2.24, 2.45) is 0 Å². The Balaban J connectivity index is 1.96. The molecule has 1 aliphatic heterocycles. The number of carbonyl (C=O) groups is 3. The zero-order chi connectivity index (χ0) is 24.6. The molecule has 1 fully saturated rings. The molecule has 1 unspecified atom stereocenters. The molecular weight excluding hydrogens is 462 g/mol. The Kier molecular flexibility index (Phi) is 6.03. The van der Waals surface area contributed by atoms with Gasteiger partial charge in [-0.15, -0.1) is 0 Å². The van der Waals surface area contributed by atoms with E-state index in [-0.39, 0.29) is 32.6 Å². The summed E-state index contributed by atoms with van der Waals surface area (Å²) in [6.07, 6.45) is 2.88. The number of ketones is 1. The number of methoxy groups -OCH3 is 2. The Labute approximate surface area is 197 Å². The quantitative estimate of drug-likeness (QED) is 0.244. The number of hydrogen-bond donors (Lipinski definition) is 2. The molecule has 0 bridgehead atoms. The van der Waals surface area contributed by atoms with Gasteiger partial charge in [0.2, 0.25) is 0 Å². The minimum absolute atomic E-state index is 0.0748. The van der Waals surface area contributed by atoms with Crippen molar-refractivity contribution in [3.05, 3.63) is 70.0 Å². The maximum absolute atomic E-state index is 13.2. The Bertz CT molecular complexity index is 1330. The third kappa shape index (κ3) is 3.75. The zero-order valence-corrected chi connectivity index (χ0v) is 19.1. The van der Waals surface area contributed by atoms with Gasteiger partial charge in [0, 0.05) is 18.0 Å². The summed E-state index contributed by atoms with van der Waals surface area (Å²) in [6, 6.07) is 6.20. The number of anilines is 1. The van der Waals surface area contributed by atoms with Crippen molar-refractivity contribution in [1.29, 1.82) is 0 Å². The highest BCUT2D eigenvalue weighted by Crippen LogP contribution is 2.45. The summed E-state index contributed by atoms with van der Waals surface area (Å²) in [5.41, 5.74) is 0.799. The molecule has 0 spiro atoms. The predicted molar refractivity (Wildman–Crippen MR) is 122 cm³/mol. The lowest BCUT2D eigenvalue weighted by atomic mass is 9.95. The number of carbonyl (C=O) groups excluding carboxylic acids is 3. The number of aromatic hydroxyl groups is 1. The number of phenols is 1. The summed E-state index contributed by atoms with van der Waals surface area (Å²) >= 11 is 0.889. The first kappa shape index (κ1) is 22.9. The van der Waals surface area contributed by atoms with Crippen LogP contribution in [0.4, 0.5) is 5.13 Å². The number of benzene rings is 1. The normalized spacial score (nSPS) is 17.1. The summed E-state index contributed by atoms with van der Waals surface area (Å²) in [7, 11) is 2.59. The molecule has 0 saturated carbocycles. The van der Waals surface area contributed by atoms with Crippen LogP contribution in [0, 0.1) is 6.92 Å².